The SMILES string of the molecule is C[C@]12CC[C@H]3[C@@H](CCC4=CC(=O)CC[C@@]43C)[C@@H]1CC[C@@H]2c1csc(N)n1. The Morgan fingerprint density at radius 2 is 1.96 bits per heavy atom. The molecule has 1 heterocycles. The minimum atomic E-state index is 0.279. The molecule has 140 valence electrons. The van der Waals surface area contributed by atoms with E-state index in [1.165, 1.54) is 43.4 Å². The van der Waals surface area contributed by atoms with Gasteiger partial charge in [0.2, 0.25) is 0 Å². The van der Waals surface area contributed by atoms with Gasteiger partial charge in [0.15, 0.2) is 10.9 Å². The van der Waals surface area contributed by atoms with Crippen LogP contribution in [0.4, 0.5) is 5.13 Å². The summed E-state index contributed by atoms with van der Waals surface area (Å²) in [5.74, 6) is 3.35. The number of hydrogen-bond donors (Lipinski definition) is 1. The first-order valence-corrected chi connectivity index (χ1v) is 11.2. The summed E-state index contributed by atoms with van der Waals surface area (Å²) in [5.41, 5.74) is 9.32. The van der Waals surface area contributed by atoms with Crippen LogP contribution in [0.15, 0.2) is 17.0 Å². The van der Waals surface area contributed by atoms with Gasteiger partial charge in [0.25, 0.3) is 0 Å². The zero-order valence-electron chi connectivity index (χ0n) is 16.0. The number of rotatable bonds is 1. The molecule has 0 amide bonds. The lowest BCUT2D eigenvalue weighted by atomic mass is 9.47. The summed E-state index contributed by atoms with van der Waals surface area (Å²) >= 11 is 1.59. The lowest BCUT2D eigenvalue weighted by Gasteiger charge is -2.58. The summed E-state index contributed by atoms with van der Waals surface area (Å²) in [4.78, 5) is 16.6. The number of anilines is 1. The van der Waals surface area contributed by atoms with Crippen LogP contribution in [-0.4, -0.2) is 10.8 Å². The van der Waals surface area contributed by atoms with Crippen molar-refractivity contribution < 1.29 is 4.79 Å². The van der Waals surface area contributed by atoms with E-state index in [1.54, 1.807) is 11.3 Å². The van der Waals surface area contributed by atoms with Crippen molar-refractivity contribution in [1.29, 1.82) is 0 Å². The Labute approximate surface area is 160 Å². The maximum atomic E-state index is 12.0. The van der Waals surface area contributed by atoms with Crippen LogP contribution in [0.3, 0.4) is 0 Å². The molecule has 0 saturated heterocycles. The highest BCUT2D eigenvalue weighted by molar-refractivity contribution is 7.13. The summed E-state index contributed by atoms with van der Waals surface area (Å²) in [6.45, 7) is 5.01. The summed E-state index contributed by atoms with van der Waals surface area (Å²) in [6.07, 6.45) is 11.5. The molecule has 0 aromatic carbocycles. The van der Waals surface area contributed by atoms with Crippen LogP contribution in [0.5, 0.6) is 0 Å². The van der Waals surface area contributed by atoms with E-state index >= 15 is 0 Å². The minimum absolute atomic E-state index is 0.279. The third kappa shape index (κ3) is 2.23. The number of carbonyl (C=O) groups excluding carboxylic acids is 1. The van der Waals surface area contributed by atoms with Crippen LogP contribution in [0, 0.1) is 28.6 Å². The van der Waals surface area contributed by atoms with E-state index in [0.717, 1.165) is 37.0 Å². The third-order valence-electron chi connectivity index (χ3n) is 8.86. The average Bonchev–Trinajstić information content (AvgIpc) is 3.18. The van der Waals surface area contributed by atoms with Gasteiger partial charge in [-0.05, 0) is 79.6 Å². The van der Waals surface area contributed by atoms with Gasteiger partial charge in [-0.15, -0.1) is 11.3 Å². The van der Waals surface area contributed by atoms with E-state index in [-0.39, 0.29) is 5.41 Å². The van der Waals surface area contributed by atoms with Crippen molar-refractivity contribution in [2.75, 3.05) is 5.73 Å². The van der Waals surface area contributed by atoms with Crippen molar-refractivity contribution in [1.82, 2.24) is 4.98 Å². The highest BCUT2D eigenvalue weighted by Gasteiger charge is 2.59. The first-order chi connectivity index (χ1) is 12.4. The molecular formula is C22H30N2OS. The molecule has 4 aliphatic carbocycles. The van der Waals surface area contributed by atoms with Crippen LogP contribution < -0.4 is 5.73 Å². The van der Waals surface area contributed by atoms with Crippen molar-refractivity contribution in [3.63, 3.8) is 0 Å². The van der Waals surface area contributed by atoms with Gasteiger partial charge in [-0.2, -0.15) is 0 Å². The molecule has 3 nitrogen and oxygen atoms in total. The number of nitrogens with two attached hydrogens (primary N) is 1. The van der Waals surface area contributed by atoms with Crippen LogP contribution in [0.2, 0.25) is 0 Å². The number of ketones is 1. The van der Waals surface area contributed by atoms with Gasteiger partial charge in [0.05, 0.1) is 5.69 Å². The van der Waals surface area contributed by atoms with E-state index in [2.05, 4.69) is 24.2 Å². The van der Waals surface area contributed by atoms with Gasteiger partial charge < -0.3 is 5.73 Å². The monoisotopic (exact) mass is 370 g/mol. The minimum Gasteiger partial charge on any atom is -0.375 e. The Morgan fingerprint density at radius 1 is 1.12 bits per heavy atom. The van der Waals surface area contributed by atoms with E-state index in [1.807, 2.05) is 6.08 Å². The summed E-state index contributed by atoms with van der Waals surface area (Å²) in [6, 6.07) is 0. The molecule has 1 aromatic rings. The highest BCUT2D eigenvalue weighted by Crippen LogP contribution is 2.68. The fourth-order valence-electron chi connectivity index (χ4n) is 7.51. The van der Waals surface area contributed by atoms with Gasteiger partial charge in [-0.25, -0.2) is 4.98 Å². The van der Waals surface area contributed by atoms with Crippen LogP contribution in [0.25, 0.3) is 0 Å². The molecule has 6 atom stereocenters. The number of allylic oxidation sites excluding steroid dienone is 1. The van der Waals surface area contributed by atoms with Crippen molar-refractivity contribution in [3.05, 3.63) is 22.7 Å². The normalized spacial score (nSPS) is 44.8. The molecule has 4 aliphatic rings. The van der Waals surface area contributed by atoms with Gasteiger partial charge in [0, 0.05) is 17.7 Å². The molecule has 0 aliphatic heterocycles. The molecule has 3 fully saturated rings. The topological polar surface area (TPSA) is 56.0 Å². The molecular weight excluding hydrogens is 340 g/mol. The molecule has 0 unspecified atom stereocenters. The Morgan fingerprint density at radius 3 is 2.73 bits per heavy atom. The Kier molecular flexibility index (Phi) is 3.70. The number of carbonyl (C=O) groups is 1. The van der Waals surface area contributed by atoms with E-state index < -0.39 is 0 Å². The van der Waals surface area contributed by atoms with Crippen LogP contribution in [-0.2, 0) is 4.79 Å². The summed E-state index contributed by atoms with van der Waals surface area (Å²) < 4.78 is 0. The van der Waals surface area contributed by atoms with Crippen molar-refractivity contribution in [2.24, 2.45) is 28.6 Å². The number of nitrogens with zero attached hydrogens (tertiary/aromatic N) is 1. The summed E-state index contributed by atoms with van der Waals surface area (Å²) in [7, 11) is 0. The molecule has 3 saturated carbocycles. The zero-order chi connectivity index (χ0) is 18.1. The zero-order valence-corrected chi connectivity index (χ0v) is 16.8. The Balaban J connectivity index is 1.47. The Bertz CT molecular complexity index is 783. The molecule has 4 heteroatoms. The molecule has 2 N–H and O–H groups in total. The van der Waals surface area contributed by atoms with E-state index in [4.69, 9.17) is 5.73 Å². The predicted molar refractivity (Wildman–Crippen MR) is 106 cm³/mol. The second kappa shape index (κ2) is 5.67. The largest absolute Gasteiger partial charge is 0.375 e. The molecule has 26 heavy (non-hydrogen) atoms. The van der Waals surface area contributed by atoms with Crippen LogP contribution >= 0.6 is 11.3 Å². The van der Waals surface area contributed by atoms with Gasteiger partial charge in [-0.3, -0.25) is 4.79 Å². The smallest absolute Gasteiger partial charge is 0.180 e. The average molecular weight is 371 g/mol. The van der Waals surface area contributed by atoms with Gasteiger partial charge in [-0.1, -0.05) is 19.4 Å². The number of nitrogen functional groups attached to an aromatic ring is 1. The predicted octanol–water partition coefficient (Wildman–Crippen LogP) is 5.34. The lowest BCUT2D eigenvalue weighted by Crippen LogP contribution is -2.50. The number of aromatic nitrogens is 1. The van der Waals surface area contributed by atoms with Crippen molar-refractivity contribution >= 4 is 22.3 Å². The molecule has 0 radical (unpaired) electrons. The highest BCUT2D eigenvalue weighted by atomic mass is 32.1. The second-order valence-electron chi connectivity index (χ2n) is 9.75. The number of hydrogen-bond acceptors (Lipinski definition) is 4. The van der Waals surface area contributed by atoms with E-state index in [0.29, 0.717) is 22.2 Å². The van der Waals surface area contributed by atoms with Crippen molar-refractivity contribution in [3.8, 4) is 0 Å². The maximum absolute atomic E-state index is 12.0. The molecule has 0 spiro atoms. The summed E-state index contributed by atoms with van der Waals surface area (Å²) in [5, 5.41) is 2.92. The maximum Gasteiger partial charge on any atom is 0.180 e. The second-order valence-corrected chi connectivity index (χ2v) is 10.6. The van der Waals surface area contributed by atoms with Crippen molar-refractivity contribution in [2.45, 2.75) is 71.1 Å². The van der Waals surface area contributed by atoms with Crippen LogP contribution in [0.1, 0.15) is 76.8 Å². The third-order valence-corrected chi connectivity index (χ3v) is 9.55. The molecule has 1 aromatic heterocycles. The fourth-order valence-corrected chi connectivity index (χ4v) is 8.12. The van der Waals surface area contributed by atoms with Gasteiger partial charge in [0.1, 0.15) is 0 Å². The standard InChI is InChI=1S/C22H30N2OS/c1-21-9-7-14(25)11-13(21)3-4-15-16-5-6-18(19-12-26-20(23)24-19)22(16,2)10-8-17(15)21/h11-12,15-18H,3-10H2,1-2H3,(H2,23,24)/t15-,16-,17-,18+,21-,22-/m0/s1. The fraction of sp³-hybridized carbons (Fsp3) is 0.727. The molecule has 5 rings (SSSR count). The Hall–Kier alpha value is -1.16. The number of thiazole rings is 1. The van der Waals surface area contributed by atoms with Gasteiger partial charge >= 0.3 is 0 Å². The quantitative estimate of drug-likeness (QED) is 0.726. The first kappa shape index (κ1) is 17.0. The number of fused-ring (bicyclic) bond motifs is 5. The van der Waals surface area contributed by atoms with E-state index in [9.17, 15) is 4.79 Å². The molecule has 0 bridgehead atoms. The first-order valence-electron chi connectivity index (χ1n) is 10.4. The lowest BCUT2D eigenvalue weighted by molar-refractivity contribution is -0.117.